The molecular formula is C19H31N3O2S. The summed E-state index contributed by atoms with van der Waals surface area (Å²) in [5, 5.41) is 0. The smallest absolute Gasteiger partial charge is 0.243 e. The van der Waals surface area contributed by atoms with Crippen molar-refractivity contribution in [2.45, 2.75) is 37.0 Å². The zero-order valence-electron chi connectivity index (χ0n) is 15.6. The molecule has 1 aliphatic heterocycles. The van der Waals surface area contributed by atoms with E-state index in [1.807, 2.05) is 18.2 Å². The Hall–Kier alpha value is -0.950. The summed E-state index contributed by atoms with van der Waals surface area (Å²) in [6.45, 7) is 4.98. The second kappa shape index (κ2) is 8.16. The first-order chi connectivity index (χ1) is 12.0. The van der Waals surface area contributed by atoms with Gasteiger partial charge in [-0.25, -0.2) is 8.42 Å². The third-order valence-electron chi connectivity index (χ3n) is 5.37. The molecule has 1 aromatic rings. The van der Waals surface area contributed by atoms with Gasteiger partial charge in [-0.05, 0) is 82.5 Å². The molecule has 1 fully saturated rings. The van der Waals surface area contributed by atoms with Crippen LogP contribution in [0.1, 0.15) is 30.4 Å². The van der Waals surface area contributed by atoms with Gasteiger partial charge in [0, 0.05) is 26.2 Å². The molecule has 0 radical (unpaired) electrons. The van der Waals surface area contributed by atoms with Crippen LogP contribution < -0.4 is 0 Å². The van der Waals surface area contributed by atoms with E-state index >= 15 is 0 Å². The molecule has 1 aliphatic carbocycles. The van der Waals surface area contributed by atoms with E-state index in [9.17, 15) is 8.42 Å². The molecule has 6 heteroatoms. The van der Waals surface area contributed by atoms with E-state index in [0.29, 0.717) is 18.0 Å². The minimum atomic E-state index is -3.35. The van der Waals surface area contributed by atoms with Crippen molar-refractivity contribution in [3.05, 3.63) is 29.3 Å². The highest BCUT2D eigenvalue weighted by atomic mass is 32.2. The first-order valence-electron chi connectivity index (χ1n) is 9.46. The Morgan fingerprint density at radius 2 is 1.68 bits per heavy atom. The Morgan fingerprint density at radius 3 is 2.36 bits per heavy atom. The lowest BCUT2D eigenvalue weighted by atomic mass is 9.92. The van der Waals surface area contributed by atoms with Gasteiger partial charge in [0.2, 0.25) is 10.0 Å². The average molecular weight is 366 g/mol. The Balaban J connectivity index is 1.60. The lowest BCUT2D eigenvalue weighted by Gasteiger charge is -2.34. The van der Waals surface area contributed by atoms with Crippen molar-refractivity contribution in [3.8, 4) is 0 Å². The van der Waals surface area contributed by atoms with Gasteiger partial charge in [-0.3, -0.25) is 0 Å². The molecule has 0 amide bonds. The minimum Gasteiger partial charge on any atom is -0.309 e. The number of piperazine rings is 1. The maximum absolute atomic E-state index is 13.0. The lowest BCUT2D eigenvalue weighted by molar-refractivity contribution is 0.181. The van der Waals surface area contributed by atoms with Crippen LogP contribution in [0.2, 0.25) is 0 Å². The normalized spacial score (nSPS) is 20.0. The van der Waals surface area contributed by atoms with Crippen LogP contribution in [0.15, 0.2) is 23.1 Å². The van der Waals surface area contributed by atoms with E-state index in [-0.39, 0.29) is 0 Å². The van der Waals surface area contributed by atoms with Crippen LogP contribution in [-0.4, -0.2) is 75.9 Å². The molecule has 0 N–H and O–H groups in total. The summed E-state index contributed by atoms with van der Waals surface area (Å²) in [6, 6.07) is 5.76. The van der Waals surface area contributed by atoms with Crippen molar-refractivity contribution in [3.63, 3.8) is 0 Å². The molecule has 3 rings (SSSR count). The van der Waals surface area contributed by atoms with Gasteiger partial charge in [0.05, 0.1) is 4.90 Å². The molecule has 25 heavy (non-hydrogen) atoms. The summed E-state index contributed by atoms with van der Waals surface area (Å²) in [7, 11) is 0.818. The molecule has 1 aromatic carbocycles. The Morgan fingerprint density at radius 1 is 1.00 bits per heavy atom. The topological polar surface area (TPSA) is 43.9 Å². The van der Waals surface area contributed by atoms with E-state index in [1.54, 1.807) is 4.31 Å². The van der Waals surface area contributed by atoms with Crippen molar-refractivity contribution in [2.75, 3.05) is 53.4 Å². The molecule has 0 atom stereocenters. The number of fused-ring (bicyclic) bond motifs is 1. The number of rotatable bonds is 6. The van der Waals surface area contributed by atoms with Crippen LogP contribution in [0.3, 0.4) is 0 Å². The molecule has 1 saturated heterocycles. The summed E-state index contributed by atoms with van der Waals surface area (Å²) >= 11 is 0. The van der Waals surface area contributed by atoms with Crippen molar-refractivity contribution in [1.29, 1.82) is 0 Å². The predicted octanol–water partition coefficient (Wildman–Crippen LogP) is 1.82. The Bertz CT molecular complexity index is 680. The largest absolute Gasteiger partial charge is 0.309 e. The highest BCUT2D eigenvalue weighted by molar-refractivity contribution is 7.89. The van der Waals surface area contributed by atoms with Gasteiger partial charge >= 0.3 is 0 Å². The third kappa shape index (κ3) is 4.61. The standard InChI is InChI=1S/C19H31N3O2S/c1-20(2)10-5-11-21-12-14-22(15-13-21)25(23,24)19-9-8-17-6-3-4-7-18(17)16-19/h8-9,16H,3-7,10-15H2,1-2H3. The van der Waals surface area contributed by atoms with Crippen LogP contribution in [0.25, 0.3) is 0 Å². The summed E-state index contributed by atoms with van der Waals surface area (Å²) in [6.07, 6.45) is 5.61. The van der Waals surface area contributed by atoms with Crippen LogP contribution in [-0.2, 0) is 22.9 Å². The highest BCUT2D eigenvalue weighted by Gasteiger charge is 2.29. The van der Waals surface area contributed by atoms with E-state index in [4.69, 9.17) is 0 Å². The Kier molecular flexibility index (Phi) is 6.15. The summed E-state index contributed by atoms with van der Waals surface area (Å²) in [4.78, 5) is 5.05. The van der Waals surface area contributed by atoms with Gasteiger partial charge in [-0.2, -0.15) is 4.31 Å². The lowest BCUT2D eigenvalue weighted by Crippen LogP contribution is -2.48. The van der Waals surface area contributed by atoms with Gasteiger partial charge < -0.3 is 9.80 Å². The SMILES string of the molecule is CN(C)CCCN1CCN(S(=O)(=O)c2ccc3c(c2)CCCC3)CC1. The van der Waals surface area contributed by atoms with Gasteiger partial charge in [-0.15, -0.1) is 0 Å². The Labute approximate surface area is 152 Å². The first kappa shape index (κ1) is 18.8. The zero-order chi connectivity index (χ0) is 17.9. The van der Waals surface area contributed by atoms with Gasteiger partial charge in [-0.1, -0.05) is 6.07 Å². The molecular weight excluding hydrogens is 334 g/mol. The maximum Gasteiger partial charge on any atom is 0.243 e. The van der Waals surface area contributed by atoms with Crippen molar-refractivity contribution in [1.82, 2.24) is 14.1 Å². The fraction of sp³-hybridized carbons (Fsp3) is 0.684. The van der Waals surface area contributed by atoms with Crippen LogP contribution in [0, 0.1) is 0 Å². The van der Waals surface area contributed by atoms with Crippen LogP contribution in [0.4, 0.5) is 0 Å². The quantitative estimate of drug-likeness (QED) is 0.771. The van der Waals surface area contributed by atoms with Crippen molar-refractivity contribution in [2.24, 2.45) is 0 Å². The molecule has 2 aliphatic rings. The van der Waals surface area contributed by atoms with Crippen LogP contribution >= 0.6 is 0 Å². The van der Waals surface area contributed by atoms with Crippen LogP contribution in [0.5, 0.6) is 0 Å². The van der Waals surface area contributed by atoms with Gasteiger partial charge in [0.25, 0.3) is 0 Å². The minimum absolute atomic E-state index is 0.481. The molecule has 5 nitrogen and oxygen atoms in total. The molecule has 1 heterocycles. The monoisotopic (exact) mass is 365 g/mol. The maximum atomic E-state index is 13.0. The summed E-state index contributed by atoms with van der Waals surface area (Å²) in [5.41, 5.74) is 2.56. The molecule has 0 bridgehead atoms. The number of aryl methyl sites for hydroxylation is 2. The summed E-state index contributed by atoms with van der Waals surface area (Å²) < 4.78 is 27.6. The fourth-order valence-corrected chi connectivity index (χ4v) is 5.30. The molecule has 0 saturated carbocycles. The van der Waals surface area contributed by atoms with E-state index in [1.165, 1.54) is 24.0 Å². The first-order valence-corrected chi connectivity index (χ1v) is 10.9. The van der Waals surface area contributed by atoms with E-state index < -0.39 is 10.0 Å². The molecule has 0 spiro atoms. The van der Waals surface area contributed by atoms with Gasteiger partial charge in [0.1, 0.15) is 0 Å². The fourth-order valence-electron chi connectivity index (χ4n) is 3.82. The van der Waals surface area contributed by atoms with E-state index in [0.717, 1.165) is 45.4 Å². The second-order valence-corrected chi connectivity index (χ2v) is 9.48. The number of nitrogens with zero attached hydrogens (tertiary/aromatic N) is 3. The second-order valence-electron chi connectivity index (χ2n) is 7.54. The number of hydrogen-bond acceptors (Lipinski definition) is 4. The number of sulfonamides is 1. The highest BCUT2D eigenvalue weighted by Crippen LogP contribution is 2.26. The van der Waals surface area contributed by atoms with E-state index in [2.05, 4.69) is 23.9 Å². The summed E-state index contributed by atoms with van der Waals surface area (Å²) in [5.74, 6) is 0. The zero-order valence-corrected chi connectivity index (χ0v) is 16.4. The van der Waals surface area contributed by atoms with Gasteiger partial charge in [0.15, 0.2) is 0 Å². The third-order valence-corrected chi connectivity index (χ3v) is 7.26. The van der Waals surface area contributed by atoms with Crippen molar-refractivity contribution < 1.29 is 8.42 Å². The molecule has 140 valence electrons. The van der Waals surface area contributed by atoms with Crippen molar-refractivity contribution >= 4 is 10.0 Å². The molecule has 0 unspecified atom stereocenters. The predicted molar refractivity (Wildman–Crippen MR) is 101 cm³/mol. The number of benzene rings is 1. The molecule has 0 aromatic heterocycles. The average Bonchev–Trinajstić information content (AvgIpc) is 2.61. The number of hydrogen-bond donors (Lipinski definition) is 0.